The molecule has 152 valence electrons. The number of ether oxygens (including phenoxy) is 1. The number of nitrogens with one attached hydrogen (secondary N) is 2. The van der Waals surface area contributed by atoms with Crippen molar-refractivity contribution in [1.82, 2.24) is 4.72 Å². The normalized spacial score (nSPS) is 11.2. The summed E-state index contributed by atoms with van der Waals surface area (Å²) >= 11 is 6.24. The van der Waals surface area contributed by atoms with E-state index in [0.29, 0.717) is 11.4 Å². The smallest absolute Gasteiger partial charge is 0.340 e. The summed E-state index contributed by atoms with van der Waals surface area (Å²) in [6, 6.07) is 15.1. The number of halogens is 1. The predicted octanol–water partition coefficient (Wildman–Crippen LogP) is 3.81. The molecule has 0 saturated carbocycles. The first kappa shape index (κ1) is 20.9. The molecule has 1 aromatic heterocycles. The molecule has 0 aliphatic carbocycles. The topological polar surface area (TPSA) is 97.6 Å². The number of carbonyl (C=O) groups excluding carboxylic acids is 1. The van der Waals surface area contributed by atoms with E-state index in [9.17, 15) is 13.2 Å². The molecular formula is C20H19ClN2O5S. The fourth-order valence-corrected chi connectivity index (χ4v) is 4.20. The van der Waals surface area contributed by atoms with E-state index in [-0.39, 0.29) is 28.6 Å². The number of hydrogen-bond acceptors (Lipinski definition) is 6. The van der Waals surface area contributed by atoms with Gasteiger partial charge in [-0.2, -0.15) is 0 Å². The fourth-order valence-electron chi connectivity index (χ4n) is 2.63. The molecule has 0 saturated heterocycles. The van der Waals surface area contributed by atoms with E-state index in [1.54, 1.807) is 24.3 Å². The van der Waals surface area contributed by atoms with Crippen molar-refractivity contribution in [3.05, 3.63) is 82.8 Å². The van der Waals surface area contributed by atoms with Crippen molar-refractivity contribution in [3.8, 4) is 0 Å². The van der Waals surface area contributed by atoms with E-state index < -0.39 is 16.0 Å². The molecule has 0 fully saturated rings. The minimum absolute atomic E-state index is 0.0276. The van der Waals surface area contributed by atoms with Gasteiger partial charge in [-0.1, -0.05) is 41.9 Å². The molecular weight excluding hydrogens is 416 g/mol. The zero-order valence-corrected chi connectivity index (χ0v) is 17.1. The molecule has 0 aliphatic heterocycles. The lowest BCUT2D eigenvalue weighted by Crippen LogP contribution is -2.24. The van der Waals surface area contributed by atoms with Crippen LogP contribution in [0.1, 0.15) is 21.7 Å². The minimum Gasteiger partial charge on any atom is -0.467 e. The summed E-state index contributed by atoms with van der Waals surface area (Å²) in [5.74, 6) is -0.0544. The van der Waals surface area contributed by atoms with Crippen molar-refractivity contribution in [3.63, 3.8) is 0 Å². The van der Waals surface area contributed by atoms with Gasteiger partial charge in [-0.05, 0) is 29.8 Å². The average Bonchev–Trinajstić information content (AvgIpc) is 3.24. The Labute approximate surface area is 173 Å². The molecule has 9 heteroatoms. The molecule has 1 heterocycles. The second-order valence-electron chi connectivity index (χ2n) is 6.06. The largest absolute Gasteiger partial charge is 0.467 e. The van der Waals surface area contributed by atoms with Crippen molar-refractivity contribution < 1.29 is 22.4 Å². The van der Waals surface area contributed by atoms with E-state index in [4.69, 9.17) is 20.8 Å². The lowest BCUT2D eigenvalue weighted by molar-refractivity contribution is 0.0601. The minimum atomic E-state index is -3.96. The molecule has 0 radical (unpaired) electrons. The van der Waals surface area contributed by atoms with Crippen LogP contribution in [0.15, 0.2) is 70.2 Å². The predicted molar refractivity (Wildman–Crippen MR) is 109 cm³/mol. The van der Waals surface area contributed by atoms with E-state index in [0.717, 1.165) is 5.56 Å². The zero-order chi connectivity index (χ0) is 20.9. The van der Waals surface area contributed by atoms with Crippen LogP contribution in [0.3, 0.4) is 0 Å². The highest BCUT2D eigenvalue weighted by molar-refractivity contribution is 7.89. The van der Waals surface area contributed by atoms with Crippen LogP contribution in [0, 0.1) is 0 Å². The molecule has 29 heavy (non-hydrogen) atoms. The van der Waals surface area contributed by atoms with Crippen molar-refractivity contribution in [1.29, 1.82) is 0 Å². The Morgan fingerprint density at radius 1 is 1.10 bits per heavy atom. The number of carbonyl (C=O) groups is 1. The van der Waals surface area contributed by atoms with Crippen LogP contribution >= 0.6 is 11.6 Å². The Balaban J connectivity index is 1.88. The number of benzene rings is 2. The van der Waals surface area contributed by atoms with Crippen LogP contribution in [0.5, 0.6) is 0 Å². The molecule has 2 aromatic carbocycles. The highest BCUT2D eigenvalue weighted by Gasteiger charge is 2.23. The third-order valence-corrected chi connectivity index (χ3v) is 5.98. The molecule has 0 spiro atoms. The Bertz CT molecular complexity index is 1080. The Kier molecular flexibility index (Phi) is 6.58. The highest BCUT2D eigenvalue weighted by atomic mass is 35.5. The molecule has 2 N–H and O–H groups in total. The molecule has 0 bridgehead atoms. The number of esters is 1. The number of hydrogen-bond donors (Lipinski definition) is 2. The van der Waals surface area contributed by atoms with E-state index in [2.05, 4.69) is 10.0 Å². The van der Waals surface area contributed by atoms with Crippen molar-refractivity contribution in [2.24, 2.45) is 0 Å². The third-order valence-electron chi connectivity index (χ3n) is 4.11. The average molecular weight is 435 g/mol. The molecule has 0 atom stereocenters. The first-order chi connectivity index (χ1) is 13.9. The quantitative estimate of drug-likeness (QED) is 0.523. The maximum Gasteiger partial charge on any atom is 0.340 e. The SMILES string of the molecule is COC(=O)c1cc(S(=O)(=O)NCc2ccccc2)c(Cl)cc1NCc1ccco1. The Hall–Kier alpha value is -2.81. The molecule has 7 nitrogen and oxygen atoms in total. The van der Waals surface area contributed by atoms with Gasteiger partial charge in [0.15, 0.2) is 0 Å². The summed E-state index contributed by atoms with van der Waals surface area (Å²) in [5, 5.41) is 2.99. The molecule has 3 aromatic rings. The van der Waals surface area contributed by atoms with Crippen LogP contribution in [0.25, 0.3) is 0 Å². The first-order valence-corrected chi connectivity index (χ1v) is 10.5. The van der Waals surface area contributed by atoms with E-state index in [1.165, 1.54) is 25.5 Å². The lowest BCUT2D eigenvalue weighted by atomic mass is 10.1. The number of rotatable bonds is 8. The van der Waals surface area contributed by atoms with Crippen molar-refractivity contribution >= 4 is 33.3 Å². The van der Waals surface area contributed by atoms with Gasteiger partial charge in [0.2, 0.25) is 10.0 Å². The van der Waals surface area contributed by atoms with Crippen LogP contribution in [-0.4, -0.2) is 21.5 Å². The Morgan fingerprint density at radius 2 is 1.86 bits per heavy atom. The maximum atomic E-state index is 12.8. The summed E-state index contributed by atoms with van der Waals surface area (Å²) in [5.41, 5.74) is 1.17. The molecule has 3 rings (SSSR count). The summed E-state index contributed by atoms with van der Waals surface area (Å²) < 4.78 is 38.1. The van der Waals surface area contributed by atoms with Gasteiger partial charge in [-0.3, -0.25) is 0 Å². The zero-order valence-electron chi connectivity index (χ0n) is 15.5. The summed E-state index contributed by atoms with van der Waals surface area (Å²) in [7, 11) is -2.75. The van der Waals surface area contributed by atoms with Crippen LogP contribution in [0.4, 0.5) is 5.69 Å². The van der Waals surface area contributed by atoms with Crippen LogP contribution in [-0.2, 0) is 27.8 Å². The standard InChI is InChI=1S/C20H19ClN2O5S/c1-27-20(24)16-10-19(29(25,26)23-12-14-6-3-2-4-7-14)17(21)11-18(16)22-13-15-8-5-9-28-15/h2-11,22-23H,12-13H2,1H3. The first-order valence-electron chi connectivity index (χ1n) is 8.62. The number of furan rings is 1. The van der Waals surface area contributed by atoms with Gasteiger partial charge in [0, 0.05) is 6.54 Å². The maximum absolute atomic E-state index is 12.8. The van der Waals surface area contributed by atoms with Crippen molar-refractivity contribution in [2.45, 2.75) is 18.0 Å². The van der Waals surface area contributed by atoms with Gasteiger partial charge >= 0.3 is 5.97 Å². The second-order valence-corrected chi connectivity index (χ2v) is 8.21. The summed E-state index contributed by atoms with van der Waals surface area (Å²) in [4.78, 5) is 12.0. The second kappa shape index (κ2) is 9.13. The van der Waals surface area contributed by atoms with Gasteiger partial charge in [0.1, 0.15) is 10.7 Å². The molecule has 0 unspecified atom stereocenters. The monoisotopic (exact) mass is 434 g/mol. The van der Waals surface area contributed by atoms with E-state index >= 15 is 0 Å². The molecule has 0 amide bonds. The lowest BCUT2D eigenvalue weighted by Gasteiger charge is -2.14. The number of methoxy groups -OCH3 is 1. The van der Waals surface area contributed by atoms with Gasteiger partial charge in [0.05, 0.1) is 36.2 Å². The van der Waals surface area contributed by atoms with Gasteiger partial charge in [-0.25, -0.2) is 17.9 Å². The third kappa shape index (κ3) is 5.17. The number of anilines is 1. The Morgan fingerprint density at radius 3 is 2.52 bits per heavy atom. The van der Waals surface area contributed by atoms with Gasteiger partial charge in [-0.15, -0.1) is 0 Å². The summed E-state index contributed by atoms with van der Waals surface area (Å²) in [6.45, 7) is 0.372. The molecule has 0 aliphatic rings. The van der Waals surface area contributed by atoms with Crippen LogP contribution < -0.4 is 10.0 Å². The fraction of sp³-hybridized carbons (Fsp3) is 0.150. The highest BCUT2D eigenvalue weighted by Crippen LogP contribution is 2.30. The van der Waals surface area contributed by atoms with Crippen LogP contribution in [0.2, 0.25) is 5.02 Å². The summed E-state index contributed by atoms with van der Waals surface area (Å²) in [6.07, 6.45) is 1.53. The van der Waals surface area contributed by atoms with Crippen molar-refractivity contribution in [2.75, 3.05) is 12.4 Å². The van der Waals surface area contributed by atoms with Gasteiger partial charge < -0.3 is 14.5 Å². The number of sulfonamides is 1. The van der Waals surface area contributed by atoms with E-state index in [1.807, 2.05) is 18.2 Å². The van der Waals surface area contributed by atoms with Gasteiger partial charge in [0.25, 0.3) is 0 Å².